The lowest BCUT2D eigenvalue weighted by Gasteiger charge is -2.16. The normalized spacial score (nSPS) is 16.4. The molecule has 2 aromatic rings. The van der Waals surface area contributed by atoms with E-state index >= 15 is 0 Å². The van der Waals surface area contributed by atoms with Gasteiger partial charge in [-0.25, -0.2) is 0 Å². The molecular weight excluding hydrogens is 270 g/mol. The van der Waals surface area contributed by atoms with Crippen molar-refractivity contribution in [2.75, 3.05) is 12.3 Å². The van der Waals surface area contributed by atoms with Crippen molar-refractivity contribution in [3.63, 3.8) is 0 Å². The highest BCUT2D eigenvalue weighted by Gasteiger charge is 2.32. The Morgan fingerprint density at radius 3 is 2.68 bits per heavy atom. The van der Waals surface area contributed by atoms with Crippen LogP contribution in [0.4, 0.5) is 0 Å². The predicted molar refractivity (Wildman–Crippen MR) is 85.0 cm³/mol. The molecule has 3 rings (SSSR count). The van der Waals surface area contributed by atoms with Gasteiger partial charge in [-0.05, 0) is 42.3 Å². The second-order valence-electron chi connectivity index (χ2n) is 4.95. The molecule has 1 aliphatic carbocycles. The van der Waals surface area contributed by atoms with Gasteiger partial charge in [0.15, 0.2) is 0 Å². The van der Waals surface area contributed by atoms with E-state index in [0.717, 1.165) is 18.2 Å². The van der Waals surface area contributed by atoms with E-state index in [4.69, 9.17) is 0 Å². The van der Waals surface area contributed by atoms with E-state index in [0.29, 0.717) is 6.04 Å². The van der Waals surface area contributed by atoms with Gasteiger partial charge in [0, 0.05) is 28.1 Å². The highest BCUT2D eigenvalue weighted by Crippen LogP contribution is 2.42. The average molecular weight is 289 g/mol. The van der Waals surface area contributed by atoms with E-state index in [-0.39, 0.29) is 0 Å². The van der Waals surface area contributed by atoms with Crippen LogP contribution in [0.2, 0.25) is 0 Å². The van der Waals surface area contributed by atoms with Crippen LogP contribution < -0.4 is 5.32 Å². The second kappa shape index (κ2) is 6.60. The lowest BCUT2D eigenvalue weighted by Crippen LogP contribution is -2.24. The molecule has 1 aromatic heterocycles. The fourth-order valence-corrected chi connectivity index (χ4v) is 4.00. The monoisotopic (exact) mass is 289 g/mol. The molecule has 1 N–H and O–H groups in total. The van der Waals surface area contributed by atoms with Crippen molar-refractivity contribution in [2.24, 2.45) is 5.92 Å². The van der Waals surface area contributed by atoms with Gasteiger partial charge in [-0.15, -0.1) is 23.1 Å². The third kappa shape index (κ3) is 3.85. The molecule has 0 saturated heterocycles. The maximum atomic E-state index is 3.74. The number of hydrogen-bond acceptors (Lipinski definition) is 3. The van der Waals surface area contributed by atoms with Crippen molar-refractivity contribution < 1.29 is 0 Å². The smallest absolute Gasteiger partial charge is 0.0443 e. The first-order chi connectivity index (χ1) is 9.43. The van der Waals surface area contributed by atoms with E-state index in [1.54, 1.807) is 0 Å². The van der Waals surface area contributed by atoms with Crippen LogP contribution >= 0.6 is 23.1 Å². The van der Waals surface area contributed by atoms with Gasteiger partial charge in [-0.3, -0.25) is 0 Å². The Morgan fingerprint density at radius 1 is 1.16 bits per heavy atom. The number of hydrogen-bond donors (Lipinski definition) is 1. The number of thioether (sulfide) groups is 1. The molecule has 19 heavy (non-hydrogen) atoms. The van der Waals surface area contributed by atoms with Gasteiger partial charge in [-0.2, -0.15) is 0 Å². The third-order valence-electron chi connectivity index (χ3n) is 3.42. The molecule has 1 aliphatic rings. The predicted octanol–water partition coefficient (Wildman–Crippen LogP) is 4.58. The molecule has 1 saturated carbocycles. The van der Waals surface area contributed by atoms with E-state index in [9.17, 15) is 0 Å². The molecule has 100 valence electrons. The molecule has 0 spiro atoms. The Labute approximate surface area is 123 Å². The molecule has 1 unspecified atom stereocenters. The van der Waals surface area contributed by atoms with Crippen LogP contribution in [-0.4, -0.2) is 12.3 Å². The summed E-state index contributed by atoms with van der Waals surface area (Å²) < 4.78 is 0. The van der Waals surface area contributed by atoms with Crippen LogP contribution in [0.5, 0.6) is 0 Å². The van der Waals surface area contributed by atoms with Gasteiger partial charge in [0.2, 0.25) is 0 Å². The standard InChI is InChI=1S/C16H19NS2/c1-2-5-14(6-3-1)18-12-10-17-16(13-8-9-13)15-7-4-11-19-15/h1-7,11,13,16-17H,8-10,12H2. The van der Waals surface area contributed by atoms with Crippen molar-refractivity contribution in [3.05, 3.63) is 52.7 Å². The summed E-state index contributed by atoms with van der Waals surface area (Å²) in [5.74, 6) is 2.01. The maximum absolute atomic E-state index is 3.74. The summed E-state index contributed by atoms with van der Waals surface area (Å²) >= 11 is 3.82. The topological polar surface area (TPSA) is 12.0 Å². The summed E-state index contributed by atoms with van der Waals surface area (Å²) in [6, 6.07) is 15.7. The van der Waals surface area contributed by atoms with Gasteiger partial charge in [0.05, 0.1) is 0 Å². The molecule has 0 bridgehead atoms. The zero-order valence-electron chi connectivity index (χ0n) is 10.9. The van der Waals surface area contributed by atoms with E-state index in [1.165, 1.54) is 22.6 Å². The van der Waals surface area contributed by atoms with Crippen LogP contribution in [0.3, 0.4) is 0 Å². The number of thiophene rings is 1. The first kappa shape index (κ1) is 13.2. The fourth-order valence-electron chi connectivity index (χ4n) is 2.30. The summed E-state index contributed by atoms with van der Waals surface area (Å²) in [7, 11) is 0. The lowest BCUT2D eigenvalue weighted by molar-refractivity contribution is 0.506. The minimum Gasteiger partial charge on any atom is -0.308 e. The summed E-state index contributed by atoms with van der Waals surface area (Å²) in [6.45, 7) is 1.08. The summed E-state index contributed by atoms with van der Waals surface area (Å²) in [4.78, 5) is 2.87. The third-order valence-corrected chi connectivity index (χ3v) is 5.39. The molecule has 0 aliphatic heterocycles. The van der Waals surface area contributed by atoms with Crippen molar-refractivity contribution in [1.29, 1.82) is 0 Å². The SMILES string of the molecule is c1ccc(SCCNC(c2cccs2)C2CC2)cc1. The summed E-state index contributed by atoms with van der Waals surface area (Å²) in [5, 5.41) is 5.93. The van der Waals surface area contributed by atoms with Crippen molar-refractivity contribution >= 4 is 23.1 Å². The molecule has 1 nitrogen and oxygen atoms in total. The van der Waals surface area contributed by atoms with E-state index < -0.39 is 0 Å². The molecule has 1 fully saturated rings. The van der Waals surface area contributed by atoms with Gasteiger partial charge in [0.1, 0.15) is 0 Å². The van der Waals surface area contributed by atoms with Crippen LogP contribution in [0.15, 0.2) is 52.7 Å². The Morgan fingerprint density at radius 2 is 2.00 bits per heavy atom. The van der Waals surface area contributed by atoms with Gasteiger partial charge < -0.3 is 5.32 Å². The van der Waals surface area contributed by atoms with Gasteiger partial charge in [0.25, 0.3) is 0 Å². The Bertz CT molecular complexity index is 477. The quantitative estimate of drug-likeness (QED) is 0.591. The first-order valence-corrected chi connectivity index (χ1v) is 8.74. The van der Waals surface area contributed by atoms with Crippen molar-refractivity contribution in [1.82, 2.24) is 5.32 Å². The van der Waals surface area contributed by atoms with Gasteiger partial charge >= 0.3 is 0 Å². The Kier molecular flexibility index (Phi) is 4.59. The number of benzene rings is 1. The van der Waals surface area contributed by atoms with Gasteiger partial charge in [-0.1, -0.05) is 24.3 Å². The van der Waals surface area contributed by atoms with E-state index in [2.05, 4.69) is 53.2 Å². The van der Waals surface area contributed by atoms with Crippen molar-refractivity contribution in [3.8, 4) is 0 Å². The zero-order valence-corrected chi connectivity index (χ0v) is 12.6. The Hall–Kier alpha value is -0.770. The molecule has 1 atom stereocenters. The minimum atomic E-state index is 0.594. The van der Waals surface area contributed by atoms with Crippen LogP contribution in [0.1, 0.15) is 23.8 Å². The van der Waals surface area contributed by atoms with Crippen LogP contribution in [-0.2, 0) is 0 Å². The number of rotatable bonds is 7. The highest BCUT2D eigenvalue weighted by atomic mass is 32.2. The lowest BCUT2D eigenvalue weighted by atomic mass is 10.1. The highest BCUT2D eigenvalue weighted by molar-refractivity contribution is 7.99. The summed E-state index contributed by atoms with van der Waals surface area (Å²) in [6.07, 6.45) is 2.78. The summed E-state index contributed by atoms with van der Waals surface area (Å²) in [5.41, 5.74) is 0. The first-order valence-electron chi connectivity index (χ1n) is 6.88. The Balaban J connectivity index is 1.46. The molecular formula is C16H19NS2. The molecule has 0 radical (unpaired) electrons. The minimum absolute atomic E-state index is 0.594. The van der Waals surface area contributed by atoms with Crippen LogP contribution in [0, 0.1) is 5.92 Å². The molecule has 3 heteroatoms. The maximum Gasteiger partial charge on any atom is 0.0443 e. The molecule has 1 heterocycles. The van der Waals surface area contributed by atoms with Crippen molar-refractivity contribution in [2.45, 2.75) is 23.8 Å². The fraction of sp³-hybridized carbons (Fsp3) is 0.375. The zero-order chi connectivity index (χ0) is 12.9. The molecule has 0 amide bonds. The second-order valence-corrected chi connectivity index (χ2v) is 7.09. The molecule has 1 aromatic carbocycles. The van der Waals surface area contributed by atoms with Crippen LogP contribution in [0.25, 0.3) is 0 Å². The largest absolute Gasteiger partial charge is 0.308 e. The average Bonchev–Trinajstić information content (AvgIpc) is 3.14. The number of nitrogens with one attached hydrogen (secondary N) is 1. The van der Waals surface area contributed by atoms with E-state index in [1.807, 2.05) is 23.1 Å².